The van der Waals surface area contributed by atoms with Gasteiger partial charge in [0.2, 0.25) is 5.91 Å². The van der Waals surface area contributed by atoms with Gasteiger partial charge in [-0.1, -0.05) is 61.2 Å². The van der Waals surface area contributed by atoms with Crippen molar-refractivity contribution in [2.45, 2.75) is 37.1 Å². The van der Waals surface area contributed by atoms with E-state index in [1.54, 1.807) is 18.7 Å². The van der Waals surface area contributed by atoms with Gasteiger partial charge in [0.15, 0.2) is 5.16 Å². The lowest BCUT2D eigenvalue weighted by molar-refractivity contribution is -0.130. The van der Waals surface area contributed by atoms with Crippen LogP contribution in [0, 0.1) is 6.92 Å². The summed E-state index contributed by atoms with van der Waals surface area (Å²) >= 11 is 1.39. The van der Waals surface area contributed by atoms with E-state index in [2.05, 4.69) is 11.0 Å². The van der Waals surface area contributed by atoms with Crippen molar-refractivity contribution in [2.24, 2.45) is 7.05 Å². The van der Waals surface area contributed by atoms with Crippen LogP contribution in [-0.2, 0) is 18.3 Å². The Morgan fingerprint density at radius 2 is 1.72 bits per heavy atom. The zero-order valence-electron chi connectivity index (χ0n) is 21.4. The van der Waals surface area contributed by atoms with Crippen LogP contribution in [-0.4, -0.2) is 58.9 Å². The second kappa shape index (κ2) is 11.6. The number of hydrogen-bond acceptors (Lipinski definition) is 6. The van der Waals surface area contributed by atoms with Crippen molar-refractivity contribution in [1.29, 1.82) is 0 Å². The molecule has 3 aromatic rings. The van der Waals surface area contributed by atoms with Crippen LogP contribution in [0.2, 0.25) is 0 Å². The number of ether oxygens (including phenoxy) is 1. The Hall–Kier alpha value is -3.26. The number of piperazine rings is 1. The van der Waals surface area contributed by atoms with Crippen molar-refractivity contribution in [3.8, 4) is 5.75 Å². The van der Waals surface area contributed by atoms with Gasteiger partial charge in [-0.05, 0) is 31.0 Å². The second-order valence-electron chi connectivity index (χ2n) is 8.98. The summed E-state index contributed by atoms with van der Waals surface area (Å²) in [6.07, 6.45) is 1.21. The number of aromatic nitrogens is 2. The third-order valence-corrected chi connectivity index (χ3v) is 8.08. The molecule has 1 aromatic heterocycles. The second-order valence-corrected chi connectivity index (χ2v) is 10.2. The molecule has 0 aliphatic carbocycles. The van der Waals surface area contributed by atoms with E-state index in [4.69, 9.17) is 9.72 Å². The van der Waals surface area contributed by atoms with Crippen molar-refractivity contribution in [2.75, 3.05) is 38.2 Å². The van der Waals surface area contributed by atoms with Gasteiger partial charge in [0.05, 0.1) is 18.0 Å². The number of carbonyl (C=O) groups excluding carboxylic acids is 1. The number of aryl methyl sites for hydroxylation is 1. The van der Waals surface area contributed by atoms with Crippen LogP contribution in [0.4, 0.5) is 5.69 Å². The van der Waals surface area contributed by atoms with Crippen molar-refractivity contribution in [1.82, 2.24) is 14.5 Å². The maximum atomic E-state index is 13.4. The predicted molar refractivity (Wildman–Crippen MR) is 145 cm³/mol. The first-order valence-electron chi connectivity index (χ1n) is 12.4. The van der Waals surface area contributed by atoms with Gasteiger partial charge >= 0.3 is 0 Å². The van der Waals surface area contributed by atoms with Gasteiger partial charge in [-0.2, -0.15) is 0 Å². The predicted octanol–water partition coefficient (Wildman–Crippen LogP) is 3.91. The van der Waals surface area contributed by atoms with E-state index in [1.165, 1.54) is 11.8 Å². The first kappa shape index (κ1) is 25.8. The number of nitrogens with zero attached hydrogens (tertiary/aromatic N) is 4. The molecule has 1 fully saturated rings. The van der Waals surface area contributed by atoms with Crippen LogP contribution in [0.15, 0.2) is 64.5 Å². The normalized spacial score (nSPS) is 14.6. The molecular formula is C28H34N4O3S. The van der Waals surface area contributed by atoms with Gasteiger partial charge in [-0.3, -0.25) is 14.2 Å². The molecule has 0 spiro atoms. The third kappa shape index (κ3) is 5.59. The number of hydrogen-bond donors (Lipinski definition) is 0. The third-order valence-electron chi connectivity index (χ3n) is 6.68. The van der Waals surface area contributed by atoms with Crippen LogP contribution >= 0.6 is 11.8 Å². The van der Waals surface area contributed by atoms with Crippen LogP contribution in [0.1, 0.15) is 30.2 Å². The SMILES string of the molecule is CCC(Sc1nc(C)c(Cc2ccccc2)c(=O)n1C)C(=O)N1CCN(c2ccccc2OC)CC1. The molecule has 1 atom stereocenters. The summed E-state index contributed by atoms with van der Waals surface area (Å²) in [5, 5.41) is 0.294. The summed E-state index contributed by atoms with van der Waals surface area (Å²) in [5.74, 6) is 0.944. The monoisotopic (exact) mass is 506 g/mol. The molecule has 2 aromatic carbocycles. The summed E-state index contributed by atoms with van der Waals surface area (Å²) in [5.41, 5.74) is 3.49. The van der Waals surface area contributed by atoms with Crippen molar-refractivity contribution < 1.29 is 9.53 Å². The molecule has 2 heterocycles. The molecule has 0 bridgehead atoms. The van der Waals surface area contributed by atoms with Crippen molar-refractivity contribution in [3.63, 3.8) is 0 Å². The lowest BCUT2D eigenvalue weighted by Crippen LogP contribution is -2.51. The molecule has 0 saturated carbocycles. The molecule has 0 radical (unpaired) electrons. The molecule has 1 aliphatic rings. The average molecular weight is 507 g/mol. The molecule has 1 saturated heterocycles. The molecular weight excluding hydrogens is 472 g/mol. The van der Waals surface area contributed by atoms with E-state index in [9.17, 15) is 9.59 Å². The zero-order chi connectivity index (χ0) is 25.7. The highest BCUT2D eigenvalue weighted by atomic mass is 32.2. The fourth-order valence-electron chi connectivity index (χ4n) is 4.54. The largest absolute Gasteiger partial charge is 0.495 e. The summed E-state index contributed by atoms with van der Waals surface area (Å²) in [7, 11) is 3.42. The number of benzene rings is 2. The Labute approximate surface area is 217 Å². The first-order chi connectivity index (χ1) is 17.4. The number of methoxy groups -OCH3 is 1. The van der Waals surface area contributed by atoms with E-state index >= 15 is 0 Å². The highest BCUT2D eigenvalue weighted by Gasteiger charge is 2.29. The number of carbonyl (C=O) groups is 1. The molecule has 1 unspecified atom stereocenters. The Balaban J connectivity index is 1.44. The van der Waals surface area contributed by atoms with Crippen LogP contribution in [0.3, 0.4) is 0 Å². The van der Waals surface area contributed by atoms with E-state index in [-0.39, 0.29) is 16.7 Å². The van der Waals surface area contributed by atoms with Crippen LogP contribution in [0.5, 0.6) is 5.75 Å². The maximum Gasteiger partial charge on any atom is 0.257 e. The Morgan fingerprint density at radius 1 is 1.06 bits per heavy atom. The van der Waals surface area contributed by atoms with Crippen molar-refractivity contribution >= 4 is 23.4 Å². The lowest BCUT2D eigenvalue weighted by atomic mass is 10.1. The van der Waals surface area contributed by atoms with Crippen molar-refractivity contribution in [3.05, 3.63) is 81.8 Å². The van der Waals surface area contributed by atoms with Crippen LogP contribution in [0.25, 0.3) is 0 Å². The van der Waals surface area contributed by atoms with Crippen LogP contribution < -0.4 is 15.2 Å². The molecule has 1 aliphatic heterocycles. The van der Waals surface area contributed by atoms with Gasteiger partial charge in [-0.25, -0.2) is 4.98 Å². The minimum atomic E-state index is -0.291. The number of rotatable bonds is 8. The minimum Gasteiger partial charge on any atom is -0.495 e. The Bertz CT molecular complexity index is 1250. The molecule has 8 heteroatoms. The van der Waals surface area contributed by atoms with Gasteiger partial charge in [0.25, 0.3) is 5.56 Å². The summed E-state index contributed by atoms with van der Waals surface area (Å²) < 4.78 is 7.10. The highest BCUT2D eigenvalue weighted by Crippen LogP contribution is 2.30. The number of anilines is 1. The zero-order valence-corrected chi connectivity index (χ0v) is 22.3. The molecule has 190 valence electrons. The fraction of sp³-hybridized carbons (Fsp3) is 0.393. The Kier molecular flexibility index (Phi) is 8.36. The van der Waals surface area contributed by atoms with Gasteiger partial charge < -0.3 is 14.5 Å². The Morgan fingerprint density at radius 3 is 2.39 bits per heavy atom. The smallest absolute Gasteiger partial charge is 0.257 e. The van der Waals surface area contributed by atoms with E-state index in [1.807, 2.05) is 67.3 Å². The quantitative estimate of drug-likeness (QED) is 0.341. The van der Waals surface area contributed by atoms with E-state index in [0.717, 1.165) is 35.8 Å². The van der Waals surface area contributed by atoms with Gasteiger partial charge in [0, 0.05) is 50.9 Å². The molecule has 7 nitrogen and oxygen atoms in total. The van der Waals surface area contributed by atoms with Gasteiger partial charge in [0.1, 0.15) is 5.75 Å². The van der Waals surface area contributed by atoms with Gasteiger partial charge in [-0.15, -0.1) is 0 Å². The molecule has 36 heavy (non-hydrogen) atoms. The summed E-state index contributed by atoms with van der Waals surface area (Å²) in [4.78, 5) is 35.6. The molecule has 1 amide bonds. The summed E-state index contributed by atoms with van der Waals surface area (Å²) in [6, 6.07) is 17.9. The summed E-state index contributed by atoms with van der Waals surface area (Å²) in [6.45, 7) is 6.68. The standard InChI is InChI=1S/C28H34N4O3S/c1-5-25(27(34)32-17-15-31(16-18-32)23-13-9-10-14-24(23)35-4)36-28-29-20(2)22(26(33)30(28)3)19-21-11-7-6-8-12-21/h6-14,25H,5,15-19H2,1-4H3. The first-order valence-corrected chi connectivity index (χ1v) is 13.2. The maximum absolute atomic E-state index is 13.4. The van der Waals surface area contributed by atoms with E-state index in [0.29, 0.717) is 36.7 Å². The fourth-order valence-corrected chi connectivity index (χ4v) is 5.64. The number of amides is 1. The number of thioether (sulfide) groups is 1. The van der Waals surface area contributed by atoms with E-state index < -0.39 is 0 Å². The number of para-hydroxylation sites is 2. The highest BCUT2D eigenvalue weighted by molar-refractivity contribution is 8.00. The molecule has 4 rings (SSSR count). The molecule has 0 N–H and O–H groups in total. The minimum absolute atomic E-state index is 0.0541. The lowest BCUT2D eigenvalue weighted by Gasteiger charge is -2.37. The average Bonchev–Trinajstić information content (AvgIpc) is 2.92. The topological polar surface area (TPSA) is 67.7 Å².